The molecule has 1 N–H and O–H groups in total. The molecule has 0 aromatic heterocycles. The van der Waals surface area contributed by atoms with Crippen molar-refractivity contribution >= 4 is 12.6 Å². The summed E-state index contributed by atoms with van der Waals surface area (Å²) in [5, 5.41) is 19.0. The van der Waals surface area contributed by atoms with Gasteiger partial charge in [-0.3, -0.25) is 0 Å². The van der Waals surface area contributed by atoms with Crippen LogP contribution in [0, 0.1) is 11.3 Å². The molecule has 0 saturated heterocycles. The molecule has 0 radical (unpaired) electrons. The minimum Gasteiger partial charge on any atom is -0.457 e. The van der Waals surface area contributed by atoms with Crippen molar-refractivity contribution in [1.29, 1.82) is 5.26 Å². The zero-order valence-electron chi connectivity index (χ0n) is 13.6. The first-order valence-corrected chi connectivity index (χ1v) is 7.76. The molecule has 0 spiro atoms. The van der Waals surface area contributed by atoms with Crippen LogP contribution in [0.4, 0.5) is 0 Å². The Hall–Kier alpha value is -3.07. The quantitative estimate of drug-likeness (QED) is 0.674. The maximum atomic E-state index is 10.1. The highest BCUT2D eigenvalue weighted by Crippen LogP contribution is 2.34. The molecule has 1 atom stereocenters. The van der Waals surface area contributed by atoms with Gasteiger partial charge in [-0.05, 0) is 53.0 Å². The van der Waals surface area contributed by atoms with Crippen LogP contribution >= 0.6 is 0 Å². The van der Waals surface area contributed by atoms with Crippen molar-refractivity contribution in [3.8, 4) is 17.6 Å². The first-order valence-electron chi connectivity index (χ1n) is 7.76. The summed E-state index contributed by atoms with van der Waals surface area (Å²) in [6.45, 7) is 7.49. The Morgan fingerprint density at radius 3 is 2.56 bits per heavy atom. The van der Waals surface area contributed by atoms with Crippen molar-refractivity contribution < 1.29 is 14.4 Å². The number of rotatable bonds is 5. The van der Waals surface area contributed by atoms with Crippen LogP contribution in [0.15, 0.2) is 79.4 Å². The number of allylic oxidation sites excluding steroid dienone is 2. The van der Waals surface area contributed by atoms with Gasteiger partial charge in [-0.1, -0.05) is 37.5 Å². The molecule has 2 aromatic carbocycles. The van der Waals surface area contributed by atoms with Crippen LogP contribution in [0.1, 0.15) is 17.2 Å². The van der Waals surface area contributed by atoms with Crippen molar-refractivity contribution in [1.82, 2.24) is 0 Å². The van der Waals surface area contributed by atoms with E-state index in [1.54, 1.807) is 54.6 Å². The van der Waals surface area contributed by atoms with Gasteiger partial charge < -0.3 is 14.4 Å². The minimum atomic E-state index is -0.989. The number of hydrogen-bond donors (Lipinski definition) is 1. The molecule has 4 nitrogen and oxygen atoms in total. The highest BCUT2D eigenvalue weighted by atomic mass is 16.5. The Kier molecular flexibility index (Phi) is 4.85. The Labute approximate surface area is 147 Å². The number of nitrogens with zero attached hydrogens (tertiary/aromatic N) is 1. The molecule has 2 aromatic rings. The van der Waals surface area contributed by atoms with Gasteiger partial charge in [0.15, 0.2) is 0 Å². The molecule has 5 heteroatoms. The SMILES string of the molecule is C=C/C=C(\C=C)C1OB(O)c2ccc(Oc3ccc(C#N)cc3)cc21. The molecule has 0 amide bonds. The molecule has 25 heavy (non-hydrogen) atoms. The van der Waals surface area contributed by atoms with Crippen LogP contribution in [0.2, 0.25) is 0 Å². The van der Waals surface area contributed by atoms with Gasteiger partial charge in [-0.15, -0.1) is 0 Å². The predicted octanol–water partition coefficient (Wildman–Crippen LogP) is 3.41. The Morgan fingerprint density at radius 1 is 1.20 bits per heavy atom. The predicted molar refractivity (Wildman–Crippen MR) is 97.6 cm³/mol. The van der Waals surface area contributed by atoms with Crippen molar-refractivity contribution in [2.45, 2.75) is 6.10 Å². The summed E-state index contributed by atoms with van der Waals surface area (Å²) in [4.78, 5) is 0. The molecule has 1 unspecified atom stereocenters. The molecular weight excluding hydrogens is 313 g/mol. The van der Waals surface area contributed by atoms with Gasteiger partial charge in [0.1, 0.15) is 11.5 Å². The summed E-state index contributed by atoms with van der Waals surface area (Å²) in [6, 6.07) is 14.3. The zero-order valence-corrected chi connectivity index (χ0v) is 13.6. The van der Waals surface area contributed by atoms with E-state index in [1.807, 2.05) is 6.07 Å². The smallest absolute Gasteiger partial charge is 0.457 e. The molecular formula is C20H16BNO3. The summed E-state index contributed by atoms with van der Waals surface area (Å²) < 4.78 is 11.5. The second-order valence-corrected chi connectivity index (χ2v) is 5.50. The molecule has 1 aliphatic rings. The summed E-state index contributed by atoms with van der Waals surface area (Å²) in [5.74, 6) is 1.24. The van der Waals surface area contributed by atoms with Crippen LogP contribution in [-0.4, -0.2) is 12.1 Å². The van der Waals surface area contributed by atoms with Crippen LogP contribution in [0.5, 0.6) is 11.5 Å². The van der Waals surface area contributed by atoms with Crippen LogP contribution in [-0.2, 0) is 4.65 Å². The van der Waals surface area contributed by atoms with E-state index in [0.717, 1.165) is 11.1 Å². The topological polar surface area (TPSA) is 62.5 Å². The van der Waals surface area contributed by atoms with Gasteiger partial charge in [-0.2, -0.15) is 5.26 Å². The molecule has 0 saturated carbocycles. The maximum absolute atomic E-state index is 10.1. The Bertz CT molecular complexity index is 881. The van der Waals surface area contributed by atoms with Crippen molar-refractivity contribution in [3.05, 3.63) is 90.6 Å². The highest BCUT2D eigenvalue weighted by Gasteiger charge is 2.36. The average Bonchev–Trinajstić information content (AvgIpc) is 2.96. The number of hydrogen-bond acceptors (Lipinski definition) is 4. The lowest BCUT2D eigenvalue weighted by Gasteiger charge is -2.14. The molecule has 0 fully saturated rings. The lowest BCUT2D eigenvalue weighted by Crippen LogP contribution is -2.27. The maximum Gasteiger partial charge on any atom is 0.492 e. The number of fused-ring (bicyclic) bond motifs is 1. The molecule has 3 rings (SSSR count). The summed E-state index contributed by atoms with van der Waals surface area (Å²) in [7, 11) is -0.989. The van der Waals surface area contributed by atoms with E-state index in [0.29, 0.717) is 22.5 Å². The van der Waals surface area contributed by atoms with Gasteiger partial charge in [0.05, 0.1) is 17.7 Å². The van der Waals surface area contributed by atoms with E-state index in [-0.39, 0.29) is 0 Å². The average molecular weight is 329 g/mol. The first kappa shape index (κ1) is 16.8. The largest absolute Gasteiger partial charge is 0.492 e. The fraction of sp³-hybridized carbons (Fsp3) is 0.0500. The number of benzene rings is 2. The standard InChI is InChI=1S/C20H16BNO3/c1-3-5-15(4-2)20-18-12-17(10-11-19(18)21(23)25-20)24-16-8-6-14(13-22)7-9-16/h3-12,20,23H,1-2H2/b15-5+. The fourth-order valence-electron chi connectivity index (χ4n) is 2.73. The van der Waals surface area contributed by atoms with Crippen molar-refractivity contribution in [3.63, 3.8) is 0 Å². The van der Waals surface area contributed by atoms with Gasteiger partial charge in [0.25, 0.3) is 0 Å². The molecule has 122 valence electrons. The normalized spacial score (nSPS) is 16.1. The van der Waals surface area contributed by atoms with E-state index in [2.05, 4.69) is 19.2 Å². The van der Waals surface area contributed by atoms with Crippen molar-refractivity contribution in [2.24, 2.45) is 0 Å². The molecule has 1 aliphatic heterocycles. The van der Waals surface area contributed by atoms with Crippen LogP contribution in [0.25, 0.3) is 0 Å². The second-order valence-electron chi connectivity index (χ2n) is 5.50. The third-order valence-corrected chi connectivity index (χ3v) is 3.94. The second kappa shape index (κ2) is 7.22. The van der Waals surface area contributed by atoms with Gasteiger partial charge in [0, 0.05) is 0 Å². The number of nitriles is 1. The van der Waals surface area contributed by atoms with E-state index in [4.69, 9.17) is 14.7 Å². The monoisotopic (exact) mass is 329 g/mol. The third-order valence-electron chi connectivity index (χ3n) is 3.94. The summed E-state index contributed by atoms with van der Waals surface area (Å²) in [6.07, 6.45) is 4.71. The van der Waals surface area contributed by atoms with E-state index in [1.165, 1.54) is 0 Å². The zero-order chi connectivity index (χ0) is 17.8. The third kappa shape index (κ3) is 3.41. The van der Waals surface area contributed by atoms with Gasteiger partial charge in [0.2, 0.25) is 0 Å². The summed E-state index contributed by atoms with van der Waals surface area (Å²) in [5.41, 5.74) is 2.91. The van der Waals surface area contributed by atoms with Crippen molar-refractivity contribution in [2.75, 3.05) is 0 Å². The van der Waals surface area contributed by atoms with E-state index in [9.17, 15) is 5.02 Å². The van der Waals surface area contributed by atoms with Crippen LogP contribution in [0.3, 0.4) is 0 Å². The minimum absolute atomic E-state index is 0.426. The molecule has 0 aliphatic carbocycles. The summed E-state index contributed by atoms with van der Waals surface area (Å²) >= 11 is 0. The van der Waals surface area contributed by atoms with E-state index < -0.39 is 13.2 Å². The number of ether oxygens (including phenoxy) is 1. The molecule has 0 bridgehead atoms. The highest BCUT2D eigenvalue weighted by molar-refractivity contribution is 6.61. The van der Waals surface area contributed by atoms with Gasteiger partial charge in [-0.25, -0.2) is 0 Å². The van der Waals surface area contributed by atoms with Crippen LogP contribution < -0.4 is 10.2 Å². The fourth-order valence-corrected chi connectivity index (χ4v) is 2.73. The first-order chi connectivity index (χ1) is 12.2. The lowest BCUT2D eigenvalue weighted by atomic mass is 9.79. The Morgan fingerprint density at radius 2 is 1.92 bits per heavy atom. The van der Waals surface area contributed by atoms with E-state index >= 15 is 0 Å². The van der Waals surface area contributed by atoms with Gasteiger partial charge >= 0.3 is 7.12 Å². The molecule has 1 heterocycles. The Balaban J connectivity index is 1.92. The lowest BCUT2D eigenvalue weighted by molar-refractivity contribution is 0.226.